The Kier molecular flexibility index (Phi) is 2.73. The fourth-order valence-electron chi connectivity index (χ4n) is 3.10. The SMILES string of the molecule is CN1O[C@H]2CCCC(=O)[C@@H]2[C@@H]1c1ccccc1. The highest BCUT2D eigenvalue weighted by molar-refractivity contribution is 5.83. The molecule has 2 fully saturated rings. The Hall–Kier alpha value is -1.19. The van der Waals surface area contributed by atoms with Crippen molar-refractivity contribution in [3.05, 3.63) is 35.9 Å². The van der Waals surface area contributed by atoms with Crippen molar-refractivity contribution in [2.24, 2.45) is 5.92 Å². The Morgan fingerprint density at radius 3 is 2.82 bits per heavy atom. The largest absolute Gasteiger partial charge is 0.299 e. The van der Waals surface area contributed by atoms with Gasteiger partial charge in [0.1, 0.15) is 5.78 Å². The highest BCUT2D eigenvalue weighted by Gasteiger charge is 2.47. The van der Waals surface area contributed by atoms with E-state index in [1.807, 2.05) is 30.3 Å². The maximum absolute atomic E-state index is 12.1. The van der Waals surface area contributed by atoms with Crippen LogP contribution in [0.2, 0.25) is 0 Å². The molecule has 0 N–H and O–H groups in total. The minimum absolute atomic E-state index is 0.0242. The number of hydrogen-bond donors (Lipinski definition) is 0. The van der Waals surface area contributed by atoms with E-state index >= 15 is 0 Å². The monoisotopic (exact) mass is 231 g/mol. The lowest BCUT2D eigenvalue weighted by Gasteiger charge is -2.25. The quantitative estimate of drug-likeness (QED) is 0.743. The molecule has 0 spiro atoms. The normalized spacial score (nSPS) is 33.7. The highest BCUT2D eigenvalue weighted by Crippen LogP contribution is 2.43. The molecule has 1 aliphatic carbocycles. The maximum atomic E-state index is 12.1. The zero-order chi connectivity index (χ0) is 11.8. The van der Waals surface area contributed by atoms with Crippen LogP contribution in [-0.4, -0.2) is 24.0 Å². The summed E-state index contributed by atoms with van der Waals surface area (Å²) < 4.78 is 0. The molecule has 0 aromatic heterocycles. The van der Waals surface area contributed by atoms with Gasteiger partial charge in [0.15, 0.2) is 0 Å². The van der Waals surface area contributed by atoms with Crippen LogP contribution in [0.1, 0.15) is 30.9 Å². The van der Waals surface area contributed by atoms with Crippen molar-refractivity contribution in [2.45, 2.75) is 31.4 Å². The number of hydrogen-bond acceptors (Lipinski definition) is 3. The number of Topliss-reactive ketones (excluding diaryl/α,β-unsaturated/α-hetero) is 1. The van der Waals surface area contributed by atoms with Crippen LogP contribution in [0.25, 0.3) is 0 Å². The molecule has 1 saturated heterocycles. The molecule has 3 nitrogen and oxygen atoms in total. The summed E-state index contributed by atoms with van der Waals surface area (Å²) in [6.07, 6.45) is 2.77. The van der Waals surface area contributed by atoms with Crippen molar-refractivity contribution in [1.29, 1.82) is 0 Å². The predicted octanol–water partition coefficient (Wildman–Crippen LogP) is 2.34. The van der Waals surface area contributed by atoms with Crippen molar-refractivity contribution in [2.75, 3.05) is 7.05 Å². The third-order valence-corrected chi connectivity index (χ3v) is 3.86. The van der Waals surface area contributed by atoms with Crippen molar-refractivity contribution in [1.82, 2.24) is 5.06 Å². The summed E-state index contributed by atoms with van der Waals surface area (Å²) in [5, 5.41) is 1.87. The Labute approximate surface area is 101 Å². The summed E-state index contributed by atoms with van der Waals surface area (Å²) in [5.41, 5.74) is 1.18. The summed E-state index contributed by atoms with van der Waals surface area (Å²) in [6, 6.07) is 10.3. The Balaban J connectivity index is 1.95. The third kappa shape index (κ3) is 1.79. The minimum Gasteiger partial charge on any atom is -0.299 e. The molecule has 1 heterocycles. The van der Waals surface area contributed by atoms with Gasteiger partial charge in [0.05, 0.1) is 18.1 Å². The lowest BCUT2D eigenvalue weighted by molar-refractivity contribution is -0.149. The fourth-order valence-corrected chi connectivity index (χ4v) is 3.10. The number of fused-ring (bicyclic) bond motifs is 1. The number of nitrogens with zero attached hydrogens (tertiary/aromatic N) is 1. The van der Waals surface area contributed by atoms with Gasteiger partial charge >= 0.3 is 0 Å². The molecule has 3 rings (SSSR count). The lowest BCUT2D eigenvalue weighted by Crippen LogP contribution is -2.32. The van der Waals surface area contributed by atoms with Crippen LogP contribution in [0.5, 0.6) is 0 Å². The van der Waals surface area contributed by atoms with E-state index in [0.717, 1.165) is 12.8 Å². The molecule has 1 aromatic carbocycles. The molecule has 2 aliphatic rings. The van der Waals surface area contributed by atoms with Gasteiger partial charge in [0, 0.05) is 13.5 Å². The molecule has 90 valence electrons. The lowest BCUT2D eigenvalue weighted by atomic mass is 9.79. The van der Waals surface area contributed by atoms with Gasteiger partial charge < -0.3 is 0 Å². The molecule has 17 heavy (non-hydrogen) atoms. The summed E-state index contributed by atoms with van der Waals surface area (Å²) in [4.78, 5) is 17.9. The van der Waals surface area contributed by atoms with E-state index in [1.165, 1.54) is 5.56 Å². The number of rotatable bonds is 1. The first-order valence-corrected chi connectivity index (χ1v) is 6.24. The van der Waals surface area contributed by atoms with Gasteiger partial charge in [-0.25, -0.2) is 0 Å². The zero-order valence-electron chi connectivity index (χ0n) is 10.0. The Morgan fingerprint density at radius 1 is 1.29 bits per heavy atom. The molecule has 0 amide bonds. The van der Waals surface area contributed by atoms with Crippen LogP contribution < -0.4 is 0 Å². The van der Waals surface area contributed by atoms with Crippen LogP contribution in [-0.2, 0) is 9.63 Å². The van der Waals surface area contributed by atoms with Gasteiger partial charge in [-0.05, 0) is 18.4 Å². The van der Waals surface area contributed by atoms with Crippen molar-refractivity contribution in [3.8, 4) is 0 Å². The predicted molar refractivity (Wildman–Crippen MR) is 64.2 cm³/mol. The number of carbonyl (C=O) groups excluding carboxylic acids is 1. The zero-order valence-corrected chi connectivity index (χ0v) is 10.0. The van der Waals surface area contributed by atoms with Gasteiger partial charge in [-0.15, -0.1) is 0 Å². The van der Waals surface area contributed by atoms with Crippen molar-refractivity contribution >= 4 is 5.78 Å². The van der Waals surface area contributed by atoms with Gasteiger partial charge in [0.25, 0.3) is 0 Å². The van der Waals surface area contributed by atoms with Gasteiger partial charge in [-0.2, -0.15) is 5.06 Å². The number of ketones is 1. The molecule has 1 aromatic rings. The summed E-state index contributed by atoms with van der Waals surface area (Å²) in [7, 11) is 1.93. The number of carbonyl (C=O) groups is 1. The van der Waals surface area contributed by atoms with E-state index in [4.69, 9.17) is 4.84 Å². The number of benzene rings is 1. The molecular weight excluding hydrogens is 214 g/mol. The first-order chi connectivity index (χ1) is 8.27. The number of hydroxylamine groups is 2. The third-order valence-electron chi connectivity index (χ3n) is 3.86. The van der Waals surface area contributed by atoms with E-state index in [1.54, 1.807) is 0 Å². The van der Waals surface area contributed by atoms with E-state index < -0.39 is 0 Å². The van der Waals surface area contributed by atoms with Crippen LogP contribution in [0.3, 0.4) is 0 Å². The summed E-state index contributed by atoms with van der Waals surface area (Å²) in [5.74, 6) is 0.385. The second-order valence-corrected chi connectivity index (χ2v) is 4.93. The molecule has 1 aliphatic heterocycles. The highest BCUT2D eigenvalue weighted by atomic mass is 16.7. The second kappa shape index (κ2) is 4.24. The average Bonchev–Trinajstić information content (AvgIpc) is 2.68. The minimum atomic E-state index is 0.0242. The summed E-state index contributed by atoms with van der Waals surface area (Å²) >= 11 is 0. The summed E-state index contributed by atoms with van der Waals surface area (Å²) in [6.45, 7) is 0. The Morgan fingerprint density at radius 2 is 2.06 bits per heavy atom. The molecule has 1 saturated carbocycles. The second-order valence-electron chi connectivity index (χ2n) is 4.93. The van der Waals surface area contributed by atoms with Crippen LogP contribution in [0.4, 0.5) is 0 Å². The topological polar surface area (TPSA) is 29.5 Å². The molecule has 3 heteroatoms. The smallest absolute Gasteiger partial charge is 0.140 e. The molecule has 3 atom stereocenters. The Bertz CT molecular complexity index is 417. The van der Waals surface area contributed by atoms with Crippen LogP contribution >= 0.6 is 0 Å². The van der Waals surface area contributed by atoms with Gasteiger partial charge in [0.2, 0.25) is 0 Å². The van der Waals surface area contributed by atoms with E-state index in [9.17, 15) is 4.79 Å². The molecular formula is C14H17NO2. The van der Waals surface area contributed by atoms with E-state index in [0.29, 0.717) is 12.2 Å². The fraction of sp³-hybridized carbons (Fsp3) is 0.500. The first-order valence-electron chi connectivity index (χ1n) is 6.24. The van der Waals surface area contributed by atoms with E-state index in [2.05, 4.69) is 12.1 Å². The molecule has 0 unspecified atom stereocenters. The van der Waals surface area contributed by atoms with Crippen molar-refractivity contribution < 1.29 is 9.63 Å². The standard InChI is InChI=1S/C14H17NO2/c1-15-14(10-6-3-2-4-7-10)13-11(16)8-5-9-12(13)17-15/h2-4,6-7,12-14H,5,8-9H2,1H3/t12-,13-,14-/m0/s1. The first kappa shape index (κ1) is 10.9. The van der Waals surface area contributed by atoms with E-state index in [-0.39, 0.29) is 18.1 Å². The van der Waals surface area contributed by atoms with Gasteiger partial charge in [-0.1, -0.05) is 30.3 Å². The van der Waals surface area contributed by atoms with Crippen LogP contribution in [0.15, 0.2) is 30.3 Å². The van der Waals surface area contributed by atoms with Crippen LogP contribution in [0, 0.1) is 5.92 Å². The average molecular weight is 231 g/mol. The van der Waals surface area contributed by atoms with Gasteiger partial charge in [-0.3, -0.25) is 9.63 Å². The maximum Gasteiger partial charge on any atom is 0.140 e. The molecule has 0 bridgehead atoms. The van der Waals surface area contributed by atoms with Crippen molar-refractivity contribution in [3.63, 3.8) is 0 Å². The molecule has 0 radical (unpaired) electrons.